The molecule has 0 saturated heterocycles. The first-order valence-corrected chi connectivity index (χ1v) is 9.99. The molecule has 134 valence electrons. The van der Waals surface area contributed by atoms with Crippen LogP contribution in [0.2, 0.25) is 0 Å². The molecule has 0 unspecified atom stereocenters. The SMILES string of the molecule is Cc1c(-c2ncc(-c3cccc4c3CCC4)s2)ccc(OC(C)C)c1N. The number of fused-ring (bicyclic) bond motifs is 1. The van der Waals surface area contributed by atoms with Crippen molar-refractivity contribution in [1.29, 1.82) is 0 Å². The molecular weight excluding hydrogens is 340 g/mol. The van der Waals surface area contributed by atoms with Gasteiger partial charge in [-0.1, -0.05) is 18.2 Å². The maximum Gasteiger partial charge on any atom is 0.142 e. The van der Waals surface area contributed by atoms with Gasteiger partial charge in [-0.2, -0.15) is 0 Å². The van der Waals surface area contributed by atoms with E-state index in [0.717, 1.165) is 21.9 Å². The van der Waals surface area contributed by atoms with Crippen LogP contribution in [0.5, 0.6) is 5.75 Å². The van der Waals surface area contributed by atoms with Crippen molar-refractivity contribution < 1.29 is 4.74 Å². The Morgan fingerprint density at radius 1 is 1.12 bits per heavy atom. The smallest absolute Gasteiger partial charge is 0.142 e. The number of nitrogens with two attached hydrogens (primary N) is 1. The van der Waals surface area contributed by atoms with Gasteiger partial charge >= 0.3 is 0 Å². The number of aryl methyl sites for hydroxylation is 1. The summed E-state index contributed by atoms with van der Waals surface area (Å²) in [5, 5.41) is 1.01. The van der Waals surface area contributed by atoms with Crippen molar-refractivity contribution >= 4 is 17.0 Å². The average Bonchev–Trinajstić information content (AvgIpc) is 3.27. The summed E-state index contributed by atoms with van der Waals surface area (Å²) >= 11 is 1.74. The molecule has 26 heavy (non-hydrogen) atoms. The molecule has 0 atom stereocenters. The lowest BCUT2D eigenvalue weighted by Gasteiger charge is -2.15. The van der Waals surface area contributed by atoms with Crippen molar-refractivity contribution in [2.75, 3.05) is 5.73 Å². The Balaban J connectivity index is 1.71. The van der Waals surface area contributed by atoms with Crippen LogP contribution in [0.3, 0.4) is 0 Å². The number of nitrogens with zero attached hydrogens (tertiary/aromatic N) is 1. The Bertz CT molecular complexity index is 959. The monoisotopic (exact) mass is 364 g/mol. The molecule has 3 nitrogen and oxygen atoms in total. The van der Waals surface area contributed by atoms with Crippen molar-refractivity contribution in [1.82, 2.24) is 4.98 Å². The third-order valence-electron chi connectivity index (χ3n) is 4.99. The summed E-state index contributed by atoms with van der Waals surface area (Å²) in [7, 11) is 0. The van der Waals surface area contributed by atoms with Gasteiger partial charge in [0, 0.05) is 11.8 Å². The molecule has 1 aromatic heterocycles. The largest absolute Gasteiger partial charge is 0.489 e. The summed E-state index contributed by atoms with van der Waals surface area (Å²) < 4.78 is 5.80. The molecule has 4 rings (SSSR count). The molecule has 1 heterocycles. The maximum absolute atomic E-state index is 6.31. The Morgan fingerprint density at radius 3 is 2.77 bits per heavy atom. The predicted molar refractivity (Wildman–Crippen MR) is 110 cm³/mol. The fourth-order valence-corrected chi connectivity index (χ4v) is 4.72. The second-order valence-corrected chi connectivity index (χ2v) is 8.17. The highest BCUT2D eigenvalue weighted by Gasteiger charge is 2.18. The standard InChI is InChI=1S/C22H24N2OS/c1-13(2)25-19-11-10-16(14(3)21(19)23)22-24-12-20(26-22)18-9-5-7-15-6-4-8-17(15)18/h5,7,9-13H,4,6,8,23H2,1-3H3. The highest BCUT2D eigenvalue weighted by Crippen LogP contribution is 2.40. The zero-order chi connectivity index (χ0) is 18.3. The van der Waals surface area contributed by atoms with Gasteiger partial charge in [0.05, 0.1) is 16.7 Å². The van der Waals surface area contributed by atoms with Gasteiger partial charge in [-0.15, -0.1) is 11.3 Å². The third kappa shape index (κ3) is 2.99. The van der Waals surface area contributed by atoms with E-state index in [1.165, 1.54) is 40.8 Å². The van der Waals surface area contributed by atoms with E-state index in [0.29, 0.717) is 5.69 Å². The van der Waals surface area contributed by atoms with E-state index in [9.17, 15) is 0 Å². The summed E-state index contributed by atoms with van der Waals surface area (Å²) in [5.74, 6) is 0.749. The zero-order valence-corrected chi connectivity index (χ0v) is 16.3. The van der Waals surface area contributed by atoms with E-state index in [1.807, 2.05) is 33.0 Å². The van der Waals surface area contributed by atoms with Crippen LogP contribution in [0.4, 0.5) is 5.69 Å². The third-order valence-corrected chi connectivity index (χ3v) is 6.05. The zero-order valence-electron chi connectivity index (χ0n) is 15.5. The van der Waals surface area contributed by atoms with Crippen LogP contribution in [-0.4, -0.2) is 11.1 Å². The number of aromatic nitrogens is 1. The first-order chi connectivity index (χ1) is 12.5. The first kappa shape index (κ1) is 17.1. The first-order valence-electron chi connectivity index (χ1n) is 9.17. The van der Waals surface area contributed by atoms with E-state index in [-0.39, 0.29) is 6.10 Å². The van der Waals surface area contributed by atoms with Crippen molar-refractivity contribution in [3.05, 3.63) is 53.2 Å². The lowest BCUT2D eigenvalue weighted by atomic mass is 10.0. The molecular formula is C22H24N2OS. The van der Waals surface area contributed by atoms with Gasteiger partial charge in [-0.05, 0) is 74.4 Å². The Kier molecular flexibility index (Phi) is 4.45. The van der Waals surface area contributed by atoms with Crippen LogP contribution >= 0.6 is 11.3 Å². The molecule has 4 heteroatoms. The summed E-state index contributed by atoms with van der Waals surface area (Å²) in [5.41, 5.74) is 13.5. The second kappa shape index (κ2) is 6.76. The molecule has 1 aliphatic rings. The Morgan fingerprint density at radius 2 is 1.96 bits per heavy atom. The Hall–Kier alpha value is -2.33. The Labute approximate surface area is 158 Å². The second-order valence-electron chi connectivity index (χ2n) is 7.14. The number of nitrogen functional groups attached to an aromatic ring is 1. The van der Waals surface area contributed by atoms with Crippen LogP contribution in [0.15, 0.2) is 36.5 Å². The lowest BCUT2D eigenvalue weighted by molar-refractivity contribution is 0.244. The van der Waals surface area contributed by atoms with Gasteiger partial charge in [0.2, 0.25) is 0 Å². The highest BCUT2D eigenvalue weighted by atomic mass is 32.1. The van der Waals surface area contributed by atoms with Crippen molar-refractivity contribution in [2.45, 2.75) is 46.1 Å². The molecule has 2 N–H and O–H groups in total. The summed E-state index contributed by atoms with van der Waals surface area (Å²) in [4.78, 5) is 5.94. The quantitative estimate of drug-likeness (QED) is 0.609. The molecule has 0 fully saturated rings. The van der Waals surface area contributed by atoms with Gasteiger partial charge < -0.3 is 10.5 Å². The number of hydrogen-bond donors (Lipinski definition) is 1. The van der Waals surface area contributed by atoms with E-state index in [2.05, 4.69) is 24.3 Å². The van der Waals surface area contributed by atoms with Crippen molar-refractivity contribution in [2.24, 2.45) is 0 Å². The molecule has 0 aliphatic heterocycles. The van der Waals surface area contributed by atoms with Crippen LogP contribution < -0.4 is 10.5 Å². The van der Waals surface area contributed by atoms with Gasteiger partial charge in [0.25, 0.3) is 0 Å². The highest BCUT2D eigenvalue weighted by molar-refractivity contribution is 7.18. The summed E-state index contributed by atoms with van der Waals surface area (Å²) in [6, 6.07) is 10.7. The lowest BCUT2D eigenvalue weighted by Crippen LogP contribution is -2.08. The van der Waals surface area contributed by atoms with Crippen molar-refractivity contribution in [3.63, 3.8) is 0 Å². The average molecular weight is 365 g/mol. The number of benzene rings is 2. The van der Waals surface area contributed by atoms with Gasteiger partial charge in [0.15, 0.2) is 0 Å². The van der Waals surface area contributed by atoms with Gasteiger partial charge in [-0.25, -0.2) is 4.98 Å². The number of rotatable bonds is 4. The minimum atomic E-state index is 0.106. The van der Waals surface area contributed by atoms with Gasteiger partial charge in [0.1, 0.15) is 10.8 Å². The number of anilines is 1. The van der Waals surface area contributed by atoms with Crippen LogP contribution in [0.1, 0.15) is 37.0 Å². The summed E-state index contributed by atoms with van der Waals surface area (Å²) in [6.07, 6.45) is 5.73. The molecule has 3 aromatic rings. The van der Waals surface area contributed by atoms with E-state index in [4.69, 9.17) is 15.5 Å². The van der Waals surface area contributed by atoms with Crippen LogP contribution in [-0.2, 0) is 12.8 Å². The number of ether oxygens (including phenoxy) is 1. The molecule has 0 saturated carbocycles. The molecule has 1 aliphatic carbocycles. The fraction of sp³-hybridized carbons (Fsp3) is 0.318. The van der Waals surface area contributed by atoms with E-state index in [1.54, 1.807) is 11.3 Å². The minimum absolute atomic E-state index is 0.106. The van der Waals surface area contributed by atoms with E-state index >= 15 is 0 Å². The topological polar surface area (TPSA) is 48.1 Å². The number of hydrogen-bond acceptors (Lipinski definition) is 4. The molecule has 2 aromatic carbocycles. The maximum atomic E-state index is 6.31. The van der Waals surface area contributed by atoms with Gasteiger partial charge in [-0.3, -0.25) is 0 Å². The van der Waals surface area contributed by atoms with Crippen LogP contribution in [0.25, 0.3) is 21.0 Å². The van der Waals surface area contributed by atoms with E-state index < -0.39 is 0 Å². The van der Waals surface area contributed by atoms with Crippen molar-refractivity contribution in [3.8, 4) is 26.8 Å². The molecule has 0 radical (unpaired) electrons. The number of thiazole rings is 1. The summed E-state index contributed by atoms with van der Waals surface area (Å²) in [6.45, 7) is 6.06. The minimum Gasteiger partial charge on any atom is -0.489 e. The molecule has 0 bridgehead atoms. The fourth-order valence-electron chi connectivity index (χ4n) is 3.67. The molecule has 0 spiro atoms. The molecule has 0 amide bonds. The normalized spacial score (nSPS) is 13.2. The predicted octanol–water partition coefficient (Wildman–Crippen LogP) is 5.64. The van der Waals surface area contributed by atoms with Crippen LogP contribution in [0, 0.1) is 6.92 Å².